The molecule has 5 nitrogen and oxygen atoms in total. The van der Waals surface area contributed by atoms with Gasteiger partial charge >= 0.3 is 0 Å². The van der Waals surface area contributed by atoms with E-state index in [9.17, 15) is 0 Å². The molecule has 27 heavy (non-hydrogen) atoms. The summed E-state index contributed by atoms with van der Waals surface area (Å²) in [5.41, 5.74) is 3.00. The Morgan fingerprint density at radius 1 is 0.926 bits per heavy atom. The third kappa shape index (κ3) is 2.78. The molecule has 0 aliphatic heterocycles. The van der Waals surface area contributed by atoms with E-state index in [1.54, 1.807) is 11.3 Å². The molecule has 3 aromatic heterocycles. The fourth-order valence-electron chi connectivity index (χ4n) is 3.36. The van der Waals surface area contributed by atoms with Crippen LogP contribution in [-0.4, -0.2) is 24.8 Å². The molecule has 0 aliphatic carbocycles. The van der Waals surface area contributed by atoms with E-state index >= 15 is 0 Å². The second kappa shape index (κ2) is 6.55. The van der Waals surface area contributed by atoms with Crippen molar-refractivity contribution in [2.24, 2.45) is 0 Å². The molecule has 5 rings (SSSR count). The summed E-state index contributed by atoms with van der Waals surface area (Å²) >= 11 is 1.59. The first kappa shape index (κ1) is 16.1. The molecule has 3 heterocycles. The average Bonchev–Trinajstić information content (AvgIpc) is 3.30. The van der Waals surface area contributed by atoms with Crippen LogP contribution in [0.3, 0.4) is 0 Å². The standard InChI is InChI=1S/C21H17N5S/c1-2-16(14-8-4-3-5-9-14)20-25-26-19(23-24-21(26)27-20)18-13-12-15-10-6-7-11-17(15)22-18/h3-13,16H,2H2,1H3/t16-/m1/s1. The van der Waals surface area contributed by atoms with Crippen molar-refractivity contribution < 1.29 is 0 Å². The van der Waals surface area contributed by atoms with Gasteiger partial charge in [-0.05, 0) is 24.1 Å². The predicted octanol–water partition coefficient (Wildman–Crippen LogP) is 4.94. The topological polar surface area (TPSA) is 56.0 Å². The number of pyridine rings is 1. The lowest BCUT2D eigenvalue weighted by atomic mass is 9.97. The highest BCUT2D eigenvalue weighted by Gasteiger charge is 2.20. The predicted molar refractivity (Wildman–Crippen MR) is 108 cm³/mol. The second-order valence-corrected chi connectivity index (χ2v) is 7.41. The number of para-hydroxylation sites is 1. The van der Waals surface area contributed by atoms with Crippen LogP contribution in [0.5, 0.6) is 0 Å². The monoisotopic (exact) mass is 371 g/mol. The average molecular weight is 371 g/mol. The van der Waals surface area contributed by atoms with Gasteiger partial charge in [-0.2, -0.15) is 9.61 Å². The van der Waals surface area contributed by atoms with Crippen LogP contribution in [0.4, 0.5) is 0 Å². The van der Waals surface area contributed by atoms with Crippen molar-refractivity contribution in [3.8, 4) is 11.5 Å². The fourth-order valence-corrected chi connectivity index (χ4v) is 4.41. The Morgan fingerprint density at radius 3 is 2.59 bits per heavy atom. The van der Waals surface area contributed by atoms with E-state index < -0.39 is 0 Å². The van der Waals surface area contributed by atoms with E-state index in [2.05, 4.69) is 53.5 Å². The Kier molecular flexibility index (Phi) is 3.90. The maximum absolute atomic E-state index is 4.85. The molecule has 0 unspecified atom stereocenters. The first-order chi connectivity index (χ1) is 13.3. The number of benzene rings is 2. The summed E-state index contributed by atoms with van der Waals surface area (Å²) in [4.78, 5) is 5.54. The number of nitrogens with zero attached hydrogens (tertiary/aromatic N) is 5. The van der Waals surface area contributed by atoms with Gasteiger partial charge in [0.2, 0.25) is 10.8 Å². The first-order valence-electron chi connectivity index (χ1n) is 8.96. The molecule has 0 amide bonds. The number of fused-ring (bicyclic) bond motifs is 2. The van der Waals surface area contributed by atoms with Crippen molar-refractivity contribution in [1.29, 1.82) is 0 Å². The molecule has 0 aliphatic rings. The van der Waals surface area contributed by atoms with E-state index in [1.807, 2.05) is 34.8 Å². The summed E-state index contributed by atoms with van der Waals surface area (Å²) < 4.78 is 1.82. The van der Waals surface area contributed by atoms with Gasteiger partial charge < -0.3 is 0 Å². The number of hydrogen-bond donors (Lipinski definition) is 0. The van der Waals surface area contributed by atoms with E-state index in [0.29, 0.717) is 5.82 Å². The lowest BCUT2D eigenvalue weighted by Crippen LogP contribution is -2.01. The minimum Gasteiger partial charge on any atom is -0.244 e. The van der Waals surface area contributed by atoms with Crippen LogP contribution in [-0.2, 0) is 0 Å². The summed E-state index contributed by atoms with van der Waals surface area (Å²) in [7, 11) is 0. The molecule has 0 N–H and O–H groups in total. The van der Waals surface area contributed by atoms with Crippen LogP contribution in [0.25, 0.3) is 27.4 Å². The van der Waals surface area contributed by atoms with Crippen LogP contribution in [0, 0.1) is 0 Å². The van der Waals surface area contributed by atoms with Crippen molar-refractivity contribution in [2.75, 3.05) is 0 Å². The zero-order valence-electron chi connectivity index (χ0n) is 14.8. The summed E-state index contributed by atoms with van der Waals surface area (Å²) in [6.45, 7) is 2.19. The van der Waals surface area contributed by atoms with E-state index in [0.717, 1.165) is 33.0 Å². The van der Waals surface area contributed by atoms with Gasteiger partial charge in [-0.1, -0.05) is 72.9 Å². The lowest BCUT2D eigenvalue weighted by Gasteiger charge is -2.11. The van der Waals surface area contributed by atoms with Gasteiger partial charge in [-0.3, -0.25) is 0 Å². The summed E-state index contributed by atoms with van der Waals surface area (Å²) in [5.74, 6) is 0.941. The van der Waals surface area contributed by atoms with Gasteiger partial charge in [0, 0.05) is 11.3 Å². The maximum atomic E-state index is 4.85. The highest BCUT2D eigenvalue weighted by Crippen LogP contribution is 2.32. The second-order valence-electron chi connectivity index (χ2n) is 6.42. The molecule has 0 radical (unpaired) electrons. The van der Waals surface area contributed by atoms with Crippen molar-refractivity contribution >= 4 is 27.2 Å². The molecule has 5 aromatic rings. The molecular formula is C21H17N5S. The Labute approximate surface area is 160 Å². The quantitative estimate of drug-likeness (QED) is 0.449. The molecule has 132 valence electrons. The number of hydrogen-bond acceptors (Lipinski definition) is 5. The number of aromatic nitrogens is 5. The zero-order chi connectivity index (χ0) is 18.2. The van der Waals surface area contributed by atoms with Crippen LogP contribution in [0.15, 0.2) is 66.7 Å². The van der Waals surface area contributed by atoms with Crippen molar-refractivity contribution in [1.82, 2.24) is 24.8 Å². The molecule has 0 fully saturated rings. The van der Waals surface area contributed by atoms with Gasteiger partial charge in [0.05, 0.1) is 5.52 Å². The van der Waals surface area contributed by atoms with Crippen molar-refractivity contribution in [3.05, 3.63) is 77.3 Å². The van der Waals surface area contributed by atoms with Crippen LogP contribution < -0.4 is 0 Å². The SMILES string of the molecule is CC[C@H](c1ccccc1)c1nn2c(-c3ccc4ccccc4n3)nnc2s1. The molecular weight excluding hydrogens is 354 g/mol. The van der Waals surface area contributed by atoms with E-state index in [-0.39, 0.29) is 5.92 Å². The highest BCUT2D eigenvalue weighted by atomic mass is 32.1. The Hall–Kier alpha value is -3.12. The molecule has 0 saturated heterocycles. The Morgan fingerprint density at radius 2 is 1.74 bits per heavy atom. The summed E-state index contributed by atoms with van der Waals surface area (Å²) in [5, 5.41) is 15.7. The van der Waals surface area contributed by atoms with Gasteiger partial charge in [0.1, 0.15) is 10.7 Å². The van der Waals surface area contributed by atoms with Crippen molar-refractivity contribution in [3.63, 3.8) is 0 Å². The highest BCUT2D eigenvalue weighted by molar-refractivity contribution is 7.16. The minimum atomic E-state index is 0.260. The largest absolute Gasteiger partial charge is 0.244 e. The van der Waals surface area contributed by atoms with E-state index in [1.165, 1.54) is 5.56 Å². The Bertz CT molecular complexity index is 1230. The number of rotatable bonds is 4. The third-order valence-corrected chi connectivity index (χ3v) is 5.75. The van der Waals surface area contributed by atoms with Gasteiger partial charge in [0.15, 0.2) is 0 Å². The molecule has 6 heteroatoms. The minimum absolute atomic E-state index is 0.260. The molecule has 1 atom stereocenters. The molecule has 2 aromatic carbocycles. The van der Waals surface area contributed by atoms with Crippen LogP contribution in [0.2, 0.25) is 0 Å². The van der Waals surface area contributed by atoms with E-state index in [4.69, 9.17) is 10.1 Å². The fraction of sp³-hybridized carbons (Fsp3) is 0.143. The summed E-state index contributed by atoms with van der Waals surface area (Å²) in [6, 6.07) is 22.6. The summed E-state index contributed by atoms with van der Waals surface area (Å²) in [6.07, 6.45) is 0.984. The van der Waals surface area contributed by atoms with Crippen LogP contribution in [0.1, 0.15) is 29.8 Å². The van der Waals surface area contributed by atoms with Crippen LogP contribution >= 0.6 is 11.3 Å². The van der Waals surface area contributed by atoms with Gasteiger partial charge in [-0.25, -0.2) is 4.98 Å². The Balaban J connectivity index is 1.60. The van der Waals surface area contributed by atoms with Gasteiger partial charge in [-0.15, -0.1) is 10.2 Å². The zero-order valence-corrected chi connectivity index (χ0v) is 15.6. The maximum Gasteiger partial charge on any atom is 0.235 e. The lowest BCUT2D eigenvalue weighted by molar-refractivity contribution is 0.743. The van der Waals surface area contributed by atoms with Gasteiger partial charge in [0.25, 0.3) is 0 Å². The first-order valence-corrected chi connectivity index (χ1v) is 9.78. The van der Waals surface area contributed by atoms with Crippen molar-refractivity contribution in [2.45, 2.75) is 19.3 Å². The molecule has 0 bridgehead atoms. The molecule has 0 saturated carbocycles. The third-order valence-electron chi connectivity index (χ3n) is 4.74. The normalized spacial score (nSPS) is 12.6. The molecule has 0 spiro atoms. The smallest absolute Gasteiger partial charge is 0.235 e.